The summed E-state index contributed by atoms with van der Waals surface area (Å²) in [5.74, 6) is 4.96. The first-order chi connectivity index (χ1) is 30.0. The Morgan fingerprint density at radius 3 is 2.61 bits per heavy atom. The molecule has 3 atom stereocenters. The molecule has 5 rings (SSSR count). The first-order valence-electron chi connectivity index (χ1n) is 20.8. The summed E-state index contributed by atoms with van der Waals surface area (Å²) in [5, 5.41) is 14.0. The molecule has 1 aliphatic carbocycles. The minimum atomic E-state index is -0.627. The van der Waals surface area contributed by atoms with E-state index in [-0.39, 0.29) is 42.8 Å². The molecule has 0 bridgehead atoms. The number of aromatic nitrogens is 3. The van der Waals surface area contributed by atoms with E-state index in [4.69, 9.17) is 39.6 Å². The van der Waals surface area contributed by atoms with Crippen molar-refractivity contribution < 1.29 is 14.4 Å². The molecule has 3 heterocycles. The third-order valence-corrected chi connectivity index (χ3v) is 12.5. The van der Waals surface area contributed by atoms with Crippen LogP contribution in [0.15, 0.2) is 80.9 Å². The molecule has 0 saturated carbocycles. The summed E-state index contributed by atoms with van der Waals surface area (Å²) in [6, 6.07) is 8.86. The van der Waals surface area contributed by atoms with Crippen molar-refractivity contribution in [3.63, 3.8) is 0 Å². The lowest BCUT2D eigenvalue weighted by Gasteiger charge is -2.25. The maximum absolute atomic E-state index is 14.2. The first kappa shape index (κ1) is 47.7. The lowest BCUT2D eigenvalue weighted by Crippen LogP contribution is -2.48. The number of hydrogen-bond donors (Lipinski definition) is 8. The number of benzene rings is 1. The summed E-state index contributed by atoms with van der Waals surface area (Å²) in [6.07, 6.45) is 15.7. The molecule has 4 aromatic rings. The van der Waals surface area contributed by atoms with Crippen LogP contribution in [0.3, 0.4) is 0 Å². The highest BCUT2D eigenvalue weighted by molar-refractivity contribution is 7.99. The first-order valence-corrected chi connectivity index (χ1v) is 22.0. The standard InChI is InChI=1S/C44H59ClN12O4S/c1-56(2)38(21-30-24-51-36-12-4-3-11-33(30)36)43(61)53-25-34-32(28-16-20-57(40(59)22-28)26-39(48)55-49)14-15-35(45)41(34)62-44-29(9-8-19-50-44)23-52-37(13-7-18-47)42(60)54-31(27-58)10-5-6-17-46/h4,8-9,12,14-16,19-20,22,24,27,31,37-38,51-52H,3,5-7,10-11,13,17-18,21,23,25-26,46-47,49H2,1-2H3,(H2,48,55)(H,53,61)(H,54,60). The van der Waals surface area contributed by atoms with Crippen LogP contribution < -0.4 is 44.6 Å². The number of fused-ring (bicyclic) bond motifs is 1. The molecule has 3 aromatic heterocycles. The summed E-state index contributed by atoms with van der Waals surface area (Å²) < 4.78 is 1.40. The number of aromatic amines is 1. The minimum absolute atomic E-state index is 0.0184. The number of unbranched alkanes of at least 4 members (excludes halogenated alkanes) is 1. The van der Waals surface area contributed by atoms with Gasteiger partial charge in [-0.1, -0.05) is 41.6 Å². The lowest BCUT2D eigenvalue weighted by molar-refractivity contribution is -0.126. The number of rotatable bonds is 24. The van der Waals surface area contributed by atoms with Gasteiger partial charge in [-0.15, -0.1) is 0 Å². The summed E-state index contributed by atoms with van der Waals surface area (Å²) >= 11 is 8.37. The SMILES string of the molecule is CN(C)C(Cc1c[nH]c2c1CCC=C2)C(=O)NCc1c(-c2ccn(C/C(N)=N/N)c(=O)c2)ccc(Cl)c1Sc1ncccc1CNC(CCCN)C(=O)NC(C=O)CCCCN. The molecule has 2 amide bonds. The van der Waals surface area contributed by atoms with E-state index in [9.17, 15) is 19.2 Å². The second-order valence-electron chi connectivity index (χ2n) is 15.4. The number of amidine groups is 1. The number of carbonyl (C=O) groups is 3. The molecule has 1 aliphatic rings. The van der Waals surface area contributed by atoms with Crippen LogP contribution >= 0.6 is 23.4 Å². The van der Waals surface area contributed by atoms with Crippen molar-refractivity contribution in [3.8, 4) is 11.1 Å². The number of aldehydes is 1. The van der Waals surface area contributed by atoms with Gasteiger partial charge in [0, 0.05) is 48.3 Å². The maximum Gasteiger partial charge on any atom is 0.251 e. The van der Waals surface area contributed by atoms with Crippen LogP contribution in [-0.4, -0.2) is 88.7 Å². The number of amides is 2. The predicted octanol–water partition coefficient (Wildman–Crippen LogP) is 3.03. The molecular formula is C44H59ClN12O4S. The van der Waals surface area contributed by atoms with Gasteiger partial charge in [-0.25, -0.2) is 4.98 Å². The third kappa shape index (κ3) is 12.9. The Morgan fingerprint density at radius 1 is 1.08 bits per heavy atom. The van der Waals surface area contributed by atoms with Crippen LogP contribution in [0.2, 0.25) is 5.02 Å². The van der Waals surface area contributed by atoms with Crippen molar-refractivity contribution in [2.24, 2.45) is 28.1 Å². The fourth-order valence-electron chi connectivity index (χ4n) is 7.35. The van der Waals surface area contributed by atoms with Crippen molar-refractivity contribution in [1.29, 1.82) is 0 Å². The Balaban J connectivity index is 1.46. The maximum atomic E-state index is 14.2. The Hall–Kier alpha value is -5.30. The number of hydrazone groups is 1. The van der Waals surface area contributed by atoms with Gasteiger partial charge < -0.3 is 53.3 Å². The van der Waals surface area contributed by atoms with Gasteiger partial charge in [0.2, 0.25) is 11.8 Å². The molecule has 0 spiro atoms. The van der Waals surface area contributed by atoms with Gasteiger partial charge in [-0.3, -0.25) is 19.3 Å². The smallest absolute Gasteiger partial charge is 0.251 e. The fraction of sp³-hybridized carbons (Fsp3) is 0.409. The lowest BCUT2D eigenvalue weighted by atomic mass is 9.96. The monoisotopic (exact) mass is 886 g/mol. The third-order valence-electron chi connectivity index (χ3n) is 10.8. The van der Waals surface area contributed by atoms with E-state index >= 15 is 0 Å². The van der Waals surface area contributed by atoms with E-state index in [0.29, 0.717) is 70.4 Å². The van der Waals surface area contributed by atoms with Crippen molar-refractivity contribution in [3.05, 3.63) is 104 Å². The van der Waals surface area contributed by atoms with E-state index in [1.54, 1.807) is 24.5 Å². The van der Waals surface area contributed by atoms with Crippen molar-refractivity contribution in [2.75, 3.05) is 27.2 Å². The van der Waals surface area contributed by atoms with Crippen LogP contribution in [0.25, 0.3) is 17.2 Å². The number of likely N-dealkylation sites (N-methyl/N-ethyl adjacent to an activating group) is 1. The minimum Gasteiger partial charge on any atom is -0.384 e. The summed E-state index contributed by atoms with van der Waals surface area (Å²) in [6.45, 7) is 1.27. The molecule has 18 heteroatoms. The summed E-state index contributed by atoms with van der Waals surface area (Å²) in [5.41, 5.74) is 23.1. The van der Waals surface area contributed by atoms with Crippen molar-refractivity contribution in [1.82, 2.24) is 35.4 Å². The van der Waals surface area contributed by atoms with Gasteiger partial charge >= 0.3 is 0 Å². The molecular weight excluding hydrogens is 828 g/mol. The number of allylic oxidation sites excluding steroid dienone is 1. The van der Waals surface area contributed by atoms with E-state index < -0.39 is 18.1 Å². The highest BCUT2D eigenvalue weighted by atomic mass is 35.5. The molecule has 1 aromatic carbocycles. The molecule has 332 valence electrons. The Morgan fingerprint density at radius 2 is 1.89 bits per heavy atom. The largest absolute Gasteiger partial charge is 0.384 e. The highest BCUT2D eigenvalue weighted by Crippen LogP contribution is 2.41. The topological polar surface area (TPSA) is 258 Å². The highest BCUT2D eigenvalue weighted by Gasteiger charge is 2.26. The number of pyridine rings is 2. The second kappa shape index (κ2) is 23.8. The van der Waals surface area contributed by atoms with E-state index in [2.05, 4.69) is 38.2 Å². The van der Waals surface area contributed by atoms with Crippen LogP contribution in [0, 0.1) is 0 Å². The zero-order chi connectivity index (χ0) is 44.6. The number of carbonyl (C=O) groups excluding carboxylic acids is 3. The summed E-state index contributed by atoms with van der Waals surface area (Å²) in [4.78, 5) is 63.4. The molecule has 0 aliphatic heterocycles. The average Bonchev–Trinajstić information content (AvgIpc) is 3.68. The number of halogens is 1. The molecule has 62 heavy (non-hydrogen) atoms. The molecule has 0 radical (unpaired) electrons. The number of nitrogens with zero attached hydrogens (tertiary/aromatic N) is 4. The van der Waals surface area contributed by atoms with E-state index in [1.807, 2.05) is 43.4 Å². The molecule has 16 nitrogen and oxygen atoms in total. The Kier molecular flexibility index (Phi) is 18.3. The molecule has 12 N–H and O–H groups in total. The van der Waals surface area contributed by atoms with Gasteiger partial charge in [0.05, 0.1) is 29.7 Å². The number of H-pyrrole nitrogens is 1. The van der Waals surface area contributed by atoms with Gasteiger partial charge in [0.1, 0.15) is 17.1 Å². The van der Waals surface area contributed by atoms with Crippen LogP contribution in [0.5, 0.6) is 0 Å². The van der Waals surface area contributed by atoms with Crippen molar-refractivity contribution >= 4 is 53.4 Å². The van der Waals surface area contributed by atoms with E-state index in [0.717, 1.165) is 48.8 Å². The zero-order valence-corrected chi connectivity index (χ0v) is 36.9. The van der Waals surface area contributed by atoms with Gasteiger partial charge in [-0.2, -0.15) is 5.10 Å². The van der Waals surface area contributed by atoms with E-state index in [1.165, 1.54) is 28.0 Å². The van der Waals surface area contributed by atoms with Gasteiger partial charge in [-0.05, 0) is 136 Å². The van der Waals surface area contributed by atoms with Crippen LogP contribution in [-0.2, 0) is 46.9 Å². The normalized spacial score (nSPS) is 14.0. The number of nitrogens with one attached hydrogen (secondary N) is 4. The number of nitrogens with two attached hydrogens (primary N) is 4. The van der Waals surface area contributed by atoms with Crippen LogP contribution in [0.1, 0.15) is 66.5 Å². The van der Waals surface area contributed by atoms with Crippen molar-refractivity contribution in [2.45, 2.75) is 99.0 Å². The second-order valence-corrected chi connectivity index (χ2v) is 16.8. The average molecular weight is 888 g/mol. The molecule has 3 unspecified atom stereocenters. The Labute approximate surface area is 371 Å². The Bertz CT molecular complexity index is 2280. The van der Waals surface area contributed by atoms with Gasteiger partial charge in [0.25, 0.3) is 5.56 Å². The number of hydrogen-bond acceptors (Lipinski definition) is 12. The fourth-order valence-corrected chi connectivity index (χ4v) is 8.69. The predicted molar refractivity (Wildman–Crippen MR) is 246 cm³/mol. The van der Waals surface area contributed by atoms with Crippen LogP contribution in [0.4, 0.5) is 0 Å². The zero-order valence-electron chi connectivity index (χ0n) is 35.4. The quantitative estimate of drug-likeness (QED) is 0.0126. The molecule has 0 fully saturated rings. The van der Waals surface area contributed by atoms with Gasteiger partial charge in [0.15, 0.2) is 0 Å². The summed E-state index contributed by atoms with van der Waals surface area (Å²) in [7, 11) is 3.77. The molecule has 0 saturated heterocycles.